The van der Waals surface area contributed by atoms with Gasteiger partial charge in [0.25, 0.3) is 0 Å². The number of benzene rings is 1. The first-order chi connectivity index (χ1) is 9.09. The molecule has 0 spiro atoms. The van der Waals surface area contributed by atoms with Crippen LogP contribution in [0.2, 0.25) is 5.02 Å². The van der Waals surface area contributed by atoms with E-state index in [-0.39, 0.29) is 5.75 Å². The fourth-order valence-electron chi connectivity index (χ4n) is 3.15. The first-order valence-electron chi connectivity index (χ1n) is 7.29. The lowest BCUT2D eigenvalue weighted by atomic mass is 9.78. The Labute approximate surface area is 121 Å². The first kappa shape index (κ1) is 14.7. The molecule has 3 heteroatoms. The summed E-state index contributed by atoms with van der Waals surface area (Å²) < 4.78 is 0. The van der Waals surface area contributed by atoms with E-state index in [1.165, 1.54) is 25.7 Å². The Morgan fingerprint density at radius 1 is 1.32 bits per heavy atom. The van der Waals surface area contributed by atoms with Gasteiger partial charge in [-0.2, -0.15) is 0 Å². The Balaban J connectivity index is 1.98. The minimum absolute atomic E-state index is 0.216. The number of hydrogen-bond donors (Lipinski definition) is 2. The van der Waals surface area contributed by atoms with E-state index in [4.69, 9.17) is 11.6 Å². The van der Waals surface area contributed by atoms with Crippen molar-refractivity contribution in [1.29, 1.82) is 0 Å². The van der Waals surface area contributed by atoms with Crippen molar-refractivity contribution in [1.82, 2.24) is 5.32 Å². The lowest BCUT2D eigenvalue weighted by Crippen LogP contribution is -2.40. The van der Waals surface area contributed by atoms with Crippen molar-refractivity contribution >= 4 is 11.6 Å². The number of rotatable bonds is 4. The number of nitrogens with one attached hydrogen (secondary N) is 1. The van der Waals surface area contributed by atoms with Crippen LogP contribution in [-0.4, -0.2) is 11.1 Å². The highest BCUT2D eigenvalue weighted by molar-refractivity contribution is 6.32. The van der Waals surface area contributed by atoms with E-state index in [1.807, 2.05) is 12.1 Å². The van der Waals surface area contributed by atoms with E-state index in [2.05, 4.69) is 19.2 Å². The molecule has 106 valence electrons. The molecule has 1 saturated carbocycles. The third-order valence-electron chi connectivity index (χ3n) is 4.30. The van der Waals surface area contributed by atoms with Gasteiger partial charge in [-0.3, -0.25) is 0 Å². The van der Waals surface area contributed by atoms with Crippen LogP contribution in [0.25, 0.3) is 0 Å². The molecule has 0 saturated heterocycles. The average Bonchev–Trinajstić information content (AvgIpc) is 2.40. The summed E-state index contributed by atoms with van der Waals surface area (Å²) in [5.41, 5.74) is 0.889. The number of para-hydroxylation sites is 1. The molecule has 1 aliphatic carbocycles. The van der Waals surface area contributed by atoms with Crippen LogP contribution in [0.1, 0.15) is 45.1 Å². The molecule has 2 N–H and O–H groups in total. The van der Waals surface area contributed by atoms with Crippen molar-refractivity contribution in [2.24, 2.45) is 11.8 Å². The minimum Gasteiger partial charge on any atom is -0.506 e. The van der Waals surface area contributed by atoms with Crippen molar-refractivity contribution < 1.29 is 5.11 Å². The molecular weight excluding hydrogens is 258 g/mol. The van der Waals surface area contributed by atoms with Crippen molar-refractivity contribution in [2.75, 3.05) is 0 Å². The summed E-state index contributed by atoms with van der Waals surface area (Å²) in [6, 6.07) is 6.10. The number of aromatic hydroxyl groups is 1. The third kappa shape index (κ3) is 3.64. The van der Waals surface area contributed by atoms with Crippen molar-refractivity contribution in [2.45, 2.75) is 52.1 Å². The Morgan fingerprint density at radius 3 is 2.79 bits per heavy atom. The summed E-state index contributed by atoms with van der Waals surface area (Å²) in [5, 5.41) is 14.0. The second-order valence-corrected chi connectivity index (χ2v) is 6.33. The van der Waals surface area contributed by atoms with Gasteiger partial charge in [-0.05, 0) is 30.7 Å². The average molecular weight is 282 g/mol. The second-order valence-electron chi connectivity index (χ2n) is 5.93. The fraction of sp³-hybridized carbons (Fsp3) is 0.625. The van der Waals surface area contributed by atoms with Gasteiger partial charge in [0.05, 0.1) is 5.02 Å². The van der Waals surface area contributed by atoms with Crippen LogP contribution >= 0.6 is 11.6 Å². The van der Waals surface area contributed by atoms with E-state index in [1.54, 1.807) is 6.07 Å². The lowest BCUT2D eigenvalue weighted by Gasteiger charge is -2.35. The summed E-state index contributed by atoms with van der Waals surface area (Å²) in [6.07, 6.45) is 5.22. The van der Waals surface area contributed by atoms with Gasteiger partial charge in [0.1, 0.15) is 5.75 Å². The quantitative estimate of drug-likeness (QED) is 0.860. The molecular formula is C16H24ClNO. The standard InChI is InChI=1S/C16H24ClNO/c1-11(2)13-7-3-4-9-15(13)18-10-12-6-5-8-14(17)16(12)19/h5-6,8,11,13,15,18-19H,3-4,7,9-10H2,1-2H3. The topological polar surface area (TPSA) is 32.3 Å². The van der Waals surface area contributed by atoms with E-state index >= 15 is 0 Å². The van der Waals surface area contributed by atoms with Gasteiger partial charge in [-0.25, -0.2) is 0 Å². The van der Waals surface area contributed by atoms with E-state index in [0.717, 1.165) is 11.5 Å². The van der Waals surface area contributed by atoms with Crippen LogP contribution in [0.4, 0.5) is 0 Å². The summed E-state index contributed by atoms with van der Waals surface area (Å²) >= 11 is 5.94. The van der Waals surface area contributed by atoms with E-state index in [9.17, 15) is 5.11 Å². The molecule has 0 aliphatic heterocycles. The molecule has 2 rings (SSSR count). The summed E-state index contributed by atoms with van der Waals surface area (Å²) in [7, 11) is 0. The molecule has 1 aliphatic rings. The van der Waals surface area contributed by atoms with E-state index < -0.39 is 0 Å². The van der Waals surface area contributed by atoms with Gasteiger partial charge in [-0.1, -0.05) is 50.4 Å². The van der Waals surface area contributed by atoms with Crippen LogP contribution in [0, 0.1) is 11.8 Å². The number of phenols is 1. The van der Waals surface area contributed by atoms with E-state index in [0.29, 0.717) is 23.5 Å². The molecule has 2 unspecified atom stereocenters. The lowest BCUT2D eigenvalue weighted by molar-refractivity contribution is 0.204. The summed E-state index contributed by atoms with van der Waals surface area (Å²) in [6.45, 7) is 5.31. The predicted octanol–water partition coefficient (Wildman–Crippen LogP) is 4.35. The maximum atomic E-state index is 9.93. The van der Waals surface area contributed by atoms with Gasteiger partial charge < -0.3 is 10.4 Å². The zero-order chi connectivity index (χ0) is 13.8. The zero-order valence-corrected chi connectivity index (χ0v) is 12.6. The van der Waals surface area contributed by atoms with Crippen molar-refractivity contribution in [3.8, 4) is 5.75 Å². The maximum absolute atomic E-state index is 9.93. The SMILES string of the molecule is CC(C)C1CCCCC1NCc1cccc(Cl)c1O. The predicted molar refractivity (Wildman–Crippen MR) is 80.5 cm³/mol. The van der Waals surface area contributed by atoms with Crippen molar-refractivity contribution in [3.05, 3.63) is 28.8 Å². The molecule has 1 aromatic rings. The molecule has 0 aromatic heterocycles. The molecule has 0 heterocycles. The van der Waals surface area contributed by atoms with Crippen LogP contribution in [0.3, 0.4) is 0 Å². The van der Waals surface area contributed by atoms with Gasteiger partial charge in [-0.15, -0.1) is 0 Å². The van der Waals surface area contributed by atoms with Crippen LogP contribution in [0.5, 0.6) is 5.75 Å². The Bertz CT molecular complexity index is 419. The smallest absolute Gasteiger partial charge is 0.138 e. The highest BCUT2D eigenvalue weighted by Crippen LogP contribution is 2.31. The van der Waals surface area contributed by atoms with Gasteiger partial charge >= 0.3 is 0 Å². The monoisotopic (exact) mass is 281 g/mol. The first-order valence-corrected chi connectivity index (χ1v) is 7.67. The molecule has 0 radical (unpaired) electrons. The van der Waals surface area contributed by atoms with Crippen LogP contribution in [-0.2, 0) is 6.54 Å². The highest BCUT2D eigenvalue weighted by atomic mass is 35.5. The number of phenolic OH excluding ortho intramolecular Hbond substituents is 1. The normalized spacial score (nSPS) is 23.8. The fourth-order valence-corrected chi connectivity index (χ4v) is 3.35. The highest BCUT2D eigenvalue weighted by Gasteiger charge is 2.27. The van der Waals surface area contributed by atoms with Crippen LogP contribution in [0.15, 0.2) is 18.2 Å². The van der Waals surface area contributed by atoms with Crippen molar-refractivity contribution in [3.63, 3.8) is 0 Å². The molecule has 2 atom stereocenters. The van der Waals surface area contributed by atoms with Gasteiger partial charge in [0.15, 0.2) is 0 Å². The Morgan fingerprint density at radius 2 is 2.05 bits per heavy atom. The largest absolute Gasteiger partial charge is 0.506 e. The number of hydrogen-bond acceptors (Lipinski definition) is 2. The second kappa shape index (κ2) is 6.62. The van der Waals surface area contributed by atoms with Gasteiger partial charge in [0.2, 0.25) is 0 Å². The molecule has 19 heavy (non-hydrogen) atoms. The Kier molecular flexibility index (Phi) is 5.12. The van der Waals surface area contributed by atoms with Crippen LogP contribution < -0.4 is 5.32 Å². The molecule has 1 aromatic carbocycles. The maximum Gasteiger partial charge on any atom is 0.138 e. The summed E-state index contributed by atoms with van der Waals surface area (Å²) in [4.78, 5) is 0. The van der Waals surface area contributed by atoms with Gasteiger partial charge in [0, 0.05) is 18.2 Å². The molecule has 0 bridgehead atoms. The minimum atomic E-state index is 0.216. The zero-order valence-electron chi connectivity index (χ0n) is 11.8. The molecule has 0 amide bonds. The number of halogens is 1. The summed E-state index contributed by atoms with van der Waals surface area (Å²) in [5.74, 6) is 1.68. The molecule has 2 nitrogen and oxygen atoms in total. The third-order valence-corrected chi connectivity index (χ3v) is 4.61. The molecule has 1 fully saturated rings. The Hall–Kier alpha value is -0.730.